The van der Waals surface area contributed by atoms with Crippen molar-refractivity contribution in [3.8, 4) is 5.75 Å². The van der Waals surface area contributed by atoms with E-state index in [0.717, 1.165) is 38.3 Å². The number of halogens is 2. The van der Waals surface area contributed by atoms with Crippen LogP contribution in [-0.4, -0.2) is 55.2 Å². The molecule has 3 unspecified atom stereocenters. The van der Waals surface area contributed by atoms with Gasteiger partial charge in [-0.05, 0) is 44.7 Å². The number of nitrogens with zero attached hydrogens (tertiary/aromatic N) is 1. The molecule has 2 aliphatic rings. The molecule has 3 rings (SSSR count). The van der Waals surface area contributed by atoms with Crippen molar-refractivity contribution < 1.29 is 27.8 Å². The monoisotopic (exact) mass is 398 g/mol. The SMILES string of the molecule is CC(=O)N1CCCC(NC(=O)C2CCC(C)O2)C1.COc1cccc(F)c1F. The lowest BCUT2D eigenvalue weighted by Crippen LogP contribution is -2.51. The first-order valence-corrected chi connectivity index (χ1v) is 9.51. The highest BCUT2D eigenvalue weighted by Crippen LogP contribution is 2.20. The van der Waals surface area contributed by atoms with Gasteiger partial charge in [0, 0.05) is 26.1 Å². The number of likely N-dealkylation sites (tertiary alicyclic amines) is 1. The maximum absolute atomic E-state index is 12.5. The van der Waals surface area contributed by atoms with Gasteiger partial charge in [0.15, 0.2) is 11.6 Å². The molecule has 1 aromatic rings. The van der Waals surface area contributed by atoms with Crippen LogP contribution in [0, 0.1) is 11.6 Å². The molecule has 2 heterocycles. The Morgan fingerprint density at radius 3 is 2.57 bits per heavy atom. The third-order valence-corrected chi connectivity index (χ3v) is 4.87. The first-order valence-electron chi connectivity index (χ1n) is 9.51. The minimum atomic E-state index is -0.940. The Balaban J connectivity index is 0.000000237. The molecule has 0 aliphatic carbocycles. The number of benzene rings is 1. The van der Waals surface area contributed by atoms with Gasteiger partial charge in [0.1, 0.15) is 6.10 Å². The average molecular weight is 398 g/mol. The summed E-state index contributed by atoms with van der Waals surface area (Å²) in [6, 6.07) is 3.86. The van der Waals surface area contributed by atoms with E-state index < -0.39 is 11.6 Å². The van der Waals surface area contributed by atoms with E-state index in [1.165, 1.54) is 19.2 Å². The Morgan fingerprint density at radius 2 is 2.00 bits per heavy atom. The molecule has 2 amide bonds. The molecule has 2 aliphatic heterocycles. The summed E-state index contributed by atoms with van der Waals surface area (Å²) >= 11 is 0. The van der Waals surface area contributed by atoms with Crippen molar-refractivity contribution in [1.29, 1.82) is 0 Å². The van der Waals surface area contributed by atoms with Crippen LogP contribution in [0.2, 0.25) is 0 Å². The van der Waals surface area contributed by atoms with Crippen molar-refractivity contribution >= 4 is 11.8 Å². The molecular weight excluding hydrogens is 370 g/mol. The number of rotatable bonds is 3. The molecule has 0 aromatic heterocycles. The first kappa shape index (κ1) is 22.1. The fourth-order valence-corrected chi connectivity index (χ4v) is 3.31. The second kappa shape index (κ2) is 10.4. The summed E-state index contributed by atoms with van der Waals surface area (Å²) in [4.78, 5) is 25.1. The summed E-state index contributed by atoms with van der Waals surface area (Å²) in [6.45, 7) is 5.00. The standard InChI is InChI=1S/C13H22N2O3.C7H6F2O/c1-9-5-6-12(18-9)13(17)14-11-4-3-7-15(8-11)10(2)16;1-10-6-4-2-3-5(8)7(6)9/h9,11-12H,3-8H2,1-2H3,(H,14,17);2-4H,1H3. The molecule has 6 nitrogen and oxygen atoms in total. The van der Waals surface area contributed by atoms with E-state index in [2.05, 4.69) is 10.1 Å². The molecule has 28 heavy (non-hydrogen) atoms. The number of amides is 2. The molecule has 1 aromatic carbocycles. The number of hydrogen-bond acceptors (Lipinski definition) is 4. The normalized spacial score (nSPS) is 24.2. The van der Waals surface area contributed by atoms with Crippen LogP contribution in [0.15, 0.2) is 18.2 Å². The van der Waals surface area contributed by atoms with Gasteiger partial charge in [-0.3, -0.25) is 9.59 Å². The summed E-state index contributed by atoms with van der Waals surface area (Å²) in [6.07, 6.45) is 3.52. The fourth-order valence-electron chi connectivity index (χ4n) is 3.31. The van der Waals surface area contributed by atoms with E-state index in [-0.39, 0.29) is 35.8 Å². The average Bonchev–Trinajstić information content (AvgIpc) is 3.11. The second-order valence-electron chi connectivity index (χ2n) is 7.08. The van der Waals surface area contributed by atoms with E-state index in [9.17, 15) is 18.4 Å². The Labute approximate surface area is 164 Å². The molecule has 3 atom stereocenters. The first-order chi connectivity index (χ1) is 13.3. The van der Waals surface area contributed by atoms with E-state index in [4.69, 9.17) is 4.74 Å². The number of methoxy groups -OCH3 is 1. The molecule has 8 heteroatoms. The number of carbonyl (C=O) groups excluding carboxylic acids is 2. The number of piperidine rings is 1. The minimum Gasteiger partial charge on any atom is -0.494 e. The molecule has 2 fully saturated rings. The van der Waals surface area contributed by atoms with Crippen LogP contribution in [0.25, 0.3) is 0 Å². The predicted molar refractivity (Wildman–Crippen MR) is 99.9 cm³/mol. The fraction of sp³-hybridized carbons (Fsp3) is 0.600. The highest BCUT2D eigenvalue weighted by Gasteiger charge is 2.30. The van der Waals surface area contributed by atoms with E-state index in [1.807, 2.05) is 6.92 Å². The van der Waals surface area contributed by atoms with E-state index in [0.29, 0.717) is 6.54 Å². The predicted octanol–water partition coefficient (Wildman–Crippen LogP) is 2.65. The molecule has 1 N–H and O–H groups in total. The van der Waals surface area contributed by atoms with Crippen molar-refractivity contribution in [2.75, 3.05) is 20.2 Å². The summed E-state index contributed by atoms with van der Waals surface area (Å²) < 4.78 is 34.9. The highest BCUT2D eigenvalue weighted by atomic mass is 19.2. The Bertz CT molecular complexity index is 686. The number of carbonyl (C=O) groups is 2. The number of ether oxygens (including phenoxy) is 2. The Kier molecular flexibility index (Phi) is 8.17. The lowest BCUT2D eigenvalue weighted by molar-refractivity contribution is -0.135. The topological polar surface area (TPSA) is 67.9 Å². The third-order valence-electron chi connectivity index (χ3n) is 4.87. The van der Waals surface area contributed by atoms with Crippen molar-refractivity contribution in [2.24, 2.45) is 0 Å². The molecule has 0 spiro atoms. The molecular formula is C20H28F2N2O4. The van der Waals surface area contributed by atoms with Crippen molar-refractivity contribution in [3.63, 3.8) is 0 Å². The van der Waals surface area contributed by atoms with Gasteiger partial charge in [0.2, 0.25) is 17.6 Å². The minimum absolute atomic E-state index is 0.0187. The van der Waals surface area contributed by atoms with Crippen molar-refractivity contribution in [1.82, 2.24) is 10.2 Å². The number of nitrogens with one attached hydrogen (secondary N) is 1. The number of hydrogen-bond donors (Lipinski definition) is 1. The van der Waals surface area contributed by atoms with Crippen LogP contribution < -0.4 is 10.1 Å². The molecule has 0 bridgehead atoms. The van der Waals surface area contributed by atoms with Gasteiger partial charge in [-0.1, -0.05) is 6.07 Å². The van der Waals surface area contributed by atoms with Gasteiger partial charge in [-0.15, -0.1) is 0 Å². The zero-order valence-corrected chi connectivity index (χ0v) is 16.5. The van der Waals surface area contributed by atoms with Crippen LogP contribution in [0.4, 0.5) is 8.78 Å². The Hall–Kier alpha value is -2.22. The van der Waals surface area contributed by atoms with Crippen LogP contribution in [0.3, 0.4) is 0 Å². The highest BCUT2D eigenvalue weighted by molar-refractivity contribution is 5.81. The third kappa shape index (κ3) is 6.15. The molecule has 2 saturated heterocycles. The largest absolute Gasteiger partial charge is 0.494 e. The van der Waals surface area contributed by atoms with Gasteiger partial charge < -0.3 is 19.7 Å². The molecule has 0 saturated carbocycles. The van der Waals surface area contributed by atoms with Crippen LogP contribution >= 0.6 is 0 Å². The Morgan fingerprint density at radius 1 is 1.25 bits per heavy atom. The molecule has 0 radical (unpaired) electrons. The summed E-state index contributed by atoms with van der Waals surface area (Å²) in [5, 5.41) is 3.01. The van der Waals surface area contributed by atoms with Crippen LogP contribution in [0.5, 0.6) is 5.75 Å². The zero-order valence-electron chi connectivity index (χ0n) is 16.5. The van der Waals surface area contributed by atoms with Gasteiger partial charge in [-0.2, -0.15) is 4.39 Å². The summed E-state index contributed by atoms with van der Waals surface area (Å²) in [5.74, 6) is -1.83. The summed E-state index contributed by atoms with van der Waals surface area (Å²) in [7, 11) is 1.29. The second-order valence-corrected chi connectivity index (χ2v) is 7.08. The smallest absolute Gasteiger partial charge is 0.249 e. The van der Waals surface area contributed by atoms with Crippen molar-refractivity contribution in [3.05, 3.63) is 29.8 Å². The van der Waals surface area contributed by atoms with Crippen LogP contribution in [-0.2, 0) is 14.3 Å². The van der Waals surface area contributed by atoms with E-state index >= 15 is 0 Å². The quantitative estimate of drug-likeness (QED) is 0.850. The van der Waals surface area contributed by atoms with Gasteiger partial charge in [0.25, 0.3) is 0 Å². The lowest BCUT2D eigenvalue weighted by Gasteiger charge is -2.33. The summed E-state index contributed by atoms with van der Waals surface area (Å²) in [5.41, 5.74) is 0. The van der Waals surface area contributed by atoms with Gasteiger partial charge >= 0.3 is 0 Å². The van der Waals surface area contributed by atoms with E-state index in [1.54, 1.807) is 11.8 Å². The zero-order chi connectivity index (χ0) is 20.7. The maximum atomic E-state index is 12.5. The maximum Gasteiger partial charge on any atom is 0.249 e. The van der Waals surface area contributed by atoms with Crippen LogP contribution in [0.1, 0.15) is 39.5 Å². The lowest BCUT2D eigenvalue weighted by atomic mass is 10.1. The van der Waals surface area contributed by atoms with Gasteiger partial charge in [0.05, 0.1) is 13.2 Å². The van der Waals surface area contributed by atoms with Gasteiger partial charge in [-0.25, -0.2) is 4.39 Å². The van der Waals surface area contributed by atoms with Crippen molar-refractivity contribution in [2.45, 2.75) is 57.8 Å². The molecule has 156 valence electrons.